The zero-order valence-corrected chi connectivity index (χ0v) is 30.4. The van der Waals surface area contributed by atoms with Crippen LogP contribution >= 0.6 is 0 Å². The van der Waals surface area contributed by atoms with Gasteiger partial charge in [0, 0.05) is 0 Å². The number of benzene rings is 6. The van der Waals surface area contributed by atoms with Crippen LogP contribution in [-0.4, -0.2) is 28.1 Å². The van der Waals surface area contributed by atoms with Gasteiger partial charge in [0.1, 0.15) is 23.0 Å². The molecule has 7 nitrogen and oxygen atoms in total. The number of hydrogen-bond acceptors (Lipinski definition) is 7. The van der Waals surface area contributed by atoms with Crippen molar-refractivity contribution in [1.29, 1.82) is 0 Å². The largest absolute Gasteiger partial charge is 0.497 e. The minimum atomic E-state index is 0.253. The Kier molecular flexibility index (Phi) is 11.3. The molecule has 0 fully saturated rings. The Hall–Kier alpha value is -6.08. The third kappa shape index (κ3) is 9.24. The molecule has 1 heterocycles. The smallest absolute Gasteiger partial charge is 0.231 e. The van der Waals surface area contributed by atoms with E-state index in [-0.39, 0.29) is 6.79 Å². The van der Waals surface area contributed by atoms with Crippen molar-refractivity contribution in [2.75, 3.05) is 28.1 Å². The maximum atomic E-state index is 6.62. The lowest BCUT2D eigenvalue weighted by Crippen LogP contribution is -1.99. The van der Waals surface area contributed by atoms with E-state index in [1.165, 1.54) is 22.3 Å². The summed E-state index contributed by atoms with van der Waals surface area (Å²) in [6.45, 7) is 0.253. The predicted octanol–water partition coefficient (Wildman–Crippen LogP) is 10.4. The lowest BCUT2D eigenvalue weighted by Gasteiger charge is -2.18. The molecular weight excluding hydrogens is 664 g/mol. The van der Waals surface area contributed by atoms with Gasteiger partial charge in [0.15, 0.2) is 23.0 Å². The molecule has 6 aromatic carbocycles. The Morgan fingerprint density at radius 3 is 1.28 bits per heavy atom. The normalized spacial score (nSPS) is 11.6. The molecule has 7 heteroatoms. The van der Waals surface area contributed by atoms with Crippen LogP contribution in [0.4, 0.5) is 0 Å². The molecule has 0 atom stereocenters. The average molecular weight is 709 g/mol. The fraction of sp³-hybridized carbons (Fsp3) is 0.217. The Labute approximate surface area is 311 Å². The van der Waals surface area contributed by atoms with Gasteiger partial charge >= 0.3 is 0 Å². The molecule has 0 saturated carbocycles. The van der Waals surface area contributed by atoms with Crippen LogP contribution in [0.3, 0.4) is 0 Å². The van der Waals surface area contributed by atoms with Gasteiger partial charge in [0.05, 0.1) is 21.3 Å². The van der Waals surface area contributed by atoms with Crippen LogP contribution in [0.15, 0.2) is 127 Å². The molecule has 53 heavy (non-hydrogen) atoms. The first kappa shape index (κ1) is 35.3. The second-order valence-electron chi connectivity index (χ2n) is 13.0. The van der Waals surface area contributed by atoms with Crippen LogP contribution in [0, 0.1) is 0 Å². The highest BCUT2D eigenvalue weighted by Crippen LogP contribution is 2.43. The second kappa shape index (κ2) is 17.0. The van der Waals surface area contributed by atoms with E-state index >= 15 is 0 Å². The van der Waals surface area contributed by atoms with E-state index in [4.69, 9.17) is 33.2 Å². The summed E-state index contributed by atoms with van der Waals surface area (Å²) in [6.07, 6.45) is 5.03. The maximum Gasteiger partial charge on any atom is 0.231 e. The predicted molar refractivity (Wildman–Crippen MR) is 207 cm³/mol. The molecule has 1 aliphatic heterocycles. The van der Waals surface area contributed by atoms with Crippen molar-refractivity contribution in [2.24, 2.45) is 0 Å². The van der Waals surface area contributed by atoms with Gasteiger partial charge in [0.25, 0.3) is 0 Å². The van der Waals surface area contributed by atoms with E-state index in [0.717, 1.165) is 84.1 Å². The van der Waals surface area contributed by atoms with Crippen LogP contribution in [0.1, 0.15) is 33.4 Å². The van der Waals surface area contributed by atoms with E-state index in [1.54, 1.807) is 21.3 Å². The van der Waals surface area contributed by atoms with Crippen molar-refractivity contribution in [3.05, 3.63) is 161 Å². The van der Waals surface area contributed by atoms with Gasteiger partial charge in [-0.2, -0.15) is 0 Å². The van der Waals surface area contributed by atoms with Gasteiger partial charge < -0.3 is 33.2 Å². The summed E-state index contributed by atoms with van der Waals surface area (Å²) in [4.78, 5) is 0. The van der Waals surface area contributed by atoms with Crippen LogP contribution in [0.25, 0.3) is 0 Å². The monoisotopic (exact) mass is 708 g/mol. The molecule has 6 aromatic rings. The molecule has 0 unspecified atom stereocenters. The topological polar surface area (TPSA) is 64.6 Å². The molecule has 7 rings (SSSR count). The molecule has 0 aliphatic carbocycles. The Morgan fingerprint density at radius 2 is 0.811 bits per heavy atom. The number of rotatable bonds is 16. The first-order valence-corrected chi connectivity index (χ1v) is 17.9. The molecule has 1 aliphatic rings. The average Bonchev–Trinajstić information content (AvgIpc) is 3.67. The number of aryl methyl sites for hydroxylation is 6. The number of methoxy groups -OCH3 is 3. The standard InChI is InChI=1S/C46H44O7/c1-47-38-12-4-8-32(24-38)16-18-34-10-6-14-40(26-34)52-44-29-37(21-20-36-22-23-42-43(28-36)51-31-50-42)30-45(46(44)49-3)53-41-15-7-11-35(27-41)19-17-33-9-5-13-39(25-33)48-2/h4-15,22-30H,16-21,31H2,1-3H3. The summed E-state index contributed by atoms with van der Waals surface area (Å²) in [7, 11) is 5.04. The summed E-state index contributed by atoms with van der Waals surface area (Å²) in [5.74, 6) is 6.44. The van der Waals surface area contributed by atoms with Crippen molar-refractivity contribution in [1.82, 2.24) is 0 Å². The fourth-order valence-electron chi connectivity index (χ4n) is 6.53. The molecule has 270 valence electrons. The van der Waals surface area contributed by atoms with E-state index in [0.29, 0.717) is 17.2 Å². The molecule has 0 spiro atoms. The number of fused-ring (bicyclic) bond motifs is 1. The third-order valence-electron chi connectivity index (χ3n) is 9.35. The van der Waals surface area contributed by atoms with E-state index in [9.17, 15) is 0 Å². The summed E-state index contributed by atoms with van der Waals surface area (Å²) in [6, 6.07) is 43.0. The highest BCUT2D eigenvalue weighted by molar-refractivity contribution is 5.57. The summed E-state index contributed by atoms with van der Waals surface area (Å²) in [5.41, 5.74) is 6.99. The lowest BCUT2D eigenvalue weighted by atomic mass is 10.0. The summed E-state index contributed by atoms with van der Waals surface area (Å²) >= 11 is 0. The molecule has 0 N–H and O–H groups in total. The maximum absolute atomic E-state index is 6.62. The summed E-state index contributed by atoms with van der Waals surface area (Å²) in [5, 5.41) is 0. The molecule has 0 radical (unpaired) electrons. The van der Waals surface area contributed by atoms with Crippen LogP contribution in [-0.2, 0) is 38.5 Å². The second-order valence-corrected chi connectivity index (χ2v) is 13.0. The van der Waals surface area contributed by atoms with Crippen LogP contribution in [0.5, 0.6) is 51.7 Å². The van der Waals surface area contributed by atoms with Crippen molar-refractivity contribution >= 4 is 0 Å². The minimum Gasteiger partial charge on any atom is -0.497 e. The van der Waals surface area contributed by atoms with Crippen molar-refractivity contribution in [3.63, 3.8) is 0 Å². The van der Waals surface area contributed by atoms with E-state index in [1.807, 2.05) is 66.7 Å². The zero-order chi connectivity index (χ0) is 36.4. The summed E-state index contributed by atoms with van der Waals surface area (Å²) < 4.78 is 41.2. The first-order chi connectivity index (χ1) is 26.0. The van der Waals surface area contributed by atoms with Crippen molar-refractivity contribution in [3.8, 4) is 51.7 Å². The molecule has 0 saturated heterocycles. The molecule has 0 amide bonds. The van der Waals surface area contributed by atoms with Gasteiger partial charge in [-0.1, -0.05) is 54.6 Å². The Bertz CT molecular complexity index is 2040. The first-order valence-electron chi connectivity index (χ1n) is 17.9. The van der Waals surface area contributed by atoms with Crippen LogP contribution < -0.4 is 33.2 Å². The molecule has 0 aromatic heterocycles. The van der Waals surface area contributed by atoms with Crippen molar-refractivity contribution < 1.29 is 33.2 Å². The minimum absolute atomic E-state index is 0.253. The zero-order valence-electron chi connectivity index (χ0n) is 30.4. The van der Waals surface area contributed by atoms with E-state index < -0.39 is 0 Å². The lowest BCUT2D eigenvalue weighted by molar-refractivity contribution is 0.174. The van der Waals surface area contributed by atoms with Crippen molar-refractivity contribution in [2.45, 2.75) is 38.5 Å². The van der Waals surface area contributed by atoms with Gasteiger partial charge in [-0.05, 0) is 145 Å². The van der Waals surface area contributed by atoms with Gasteiger partial charge in [0.2, 0.25) is 12.5 Å². The van der Waals surface area contributed by atoms with E-state index in [2.05, 4.69) is 60.7 Å². The molecule has 0 bridgehead atoms. The Balaban J connectivity index is 1.13. The highest BCUT2D eigenvalue weighted by atomic mass is 16.7. The number of ether oxygens (including phenoxy) is 7. The van der Waals surface area contributed by atoms with Gasteiger partial charge in [-0.15, -0.1) is 0 Å². The third-order valence-corrected chi connectivity index (χ3v) is 9.35. The molecular formula is C46H44O7. The van der Waals surface area contributed by atoms with Gasteiger partial charge in [-0.25, -0.2) is 0 Å². The van der Waals surface area contributed by atoms with Gasteiger partial charge in [-0.3, -0.25) is 0 Å². The number of hydrogen-bond donors (Lipinski definition) is 0. The Morgan fingerprint density at radius 1 is 0.396 bits per heavy atom. The quantitative estimate of drug-likeness (QED) is 0.0992. The van der Waals surface area contributed by atoms with Crippen LogP contribution in [0.2, 0.25) is 0 Å². The fourth-order valence-corrected chi connectivity index (χ4v) is 6.53. The SMILES string of the molecule is COc1cccc(CCc2cccc(Oc3cc(CCc4ccc5c(c4)OCO5)cc(Oc4cccc(CCc5cccc(OC)c5)c4)c3OC)c2)c1. The highest BCUT2D eigenvalue weighted by Gasteiger charge is 2.18.